The van der Waals surface area contributed by atoms with Crippen molar-refractivity contribution in [2.24, 2.45) is 5.73 Å². The van der Waals surface area contributed by atoms with Crippen molar-refractivity contribution in [3.8, 4) is 5.75 Å². The predicted molar refractivity (Wildman–Crippen MR) is 70.4 cm³/mol. The summed E-state index contributed by atoms with van der Waals surface area (Å²) < 4.78 is 18.3. The smallest absolute Gasteiger partial charge is 0.123 e. The molecule has 0 aromatic heterocycles. The van der Waals surface area contributed by atoms with Crippen molar-refractivity contribution in [3.05, 3.63) is 64.4 Å². The zero-order valence-corrected chi connectivity index (χ0v) is 10.6. The van der Waals surface area contributed by atoms with Crippen LogP contribution < -0.4 is 10.5 Å². The number of halogens is 2. The second kappa shape index (κ2) is 5.38. The van der Waals surface area contributed by atoms with Gasteiger partial charge in [-0.3, -0.25) is 0 Å². The van der Waals surface area contributed by atoms with Gasteiger partial charge in [0.1, 0.15) is 11.6 Å². The highest BCUT2D eigenvalue weighted by Gasteiger charge is 2.13. The highest BCUT2D eigenvalue weighted by atomic mass is 35.5. The van der Waals surface area contributed by atoms with Crippen molar-refractivity contribution in [2.45, 2.75) is 6.04 Å². The number of hydrogen-bond donors (Lipinski definition) is 1. The molecule has 0 saturated carbocycles. The third kappa shape index (κ3) is 2.63. The number of hydrogen-bond acceptors (Lipinski definition) is 2. The Kier molecular flexibility index (Phi) is 3.84. The van der Waals surface area contributed by atoms with Gasteiger partial charge < -0.3 is 10.5 Å². The van der Waals surface area contributed by atoms with Crippen molar-refractivity contribution < 1.29 is 9.13 Å². The van der Waals surface area contributed by atoms with Gasteiger partial charge >= 0.3 is 0 Å². The second-order valence-electron chi connectivity index (χ2n) is 3.92. The third-order valence-electron chi connectivity index (χ3n) is 2.77. The Morgan fingerprint density at radius 2 is 1.83 bits per heavy atom. The lowest BCUT2D eigenvalue weighted by atomic mass is 9.99. The molecule has 1 unspecified atom stereocenters. The normalized spacial score (nSPS) is 12.2. The fraction of sp³-hybridized carbons (Fsp3) is 0.143. The van der Waals surface area contributed by atoms with Gasteiger partial charge in [-0.1, -0.05) is 23.7 Å². The third-order valence-corrected chi connectivity index (χ3v) is 3.11. The van der Waals surface area contributed by atoms with E-state index in [2.05, 4.69) is 0 Å². The van der Waals surface area contributed by atoms with Crippen molar-refractivity contribution >= 4 is 11.6 Å². The molecule has 2 nitrogen and oxygen atoms in total. The fourth-order valence-corrected chi connectivity index (χ4v) is 1.98. The van der Waals surface area contributed by atoms with Crippen molar-refractivity contribution in [1.82, 2.24) is 0 Å². The Morgan fingerprint density at radius 3 is 2.44 bits per heavy atom. The number of rotatable bonds is 3. The number of nitrogens with two attached hydrogens (primary N) is 1. The standard InChI is InChI=1S/C14H13ClFNO/c1-18-11-5-2-9(3-6-11)14(17)12-8-10(16)4-7-13(12)15/h2-8,14H,17H2,1H3. The minimum Gasteiger partial charge on any atom is -0.497 e. The molecular weight excluding hydrogens is 253 g/mol. The zero-order chi connectivity index (χ0) is 13.1. The van der Waals surface area contributed by atoms with Crippen LogP contribution in [0.2, 0.25) is 5.02 Å². The molecule has 0 radical (unpaired) electrons. The molecule has 94 valence electrons. The van der Waals surface area contributed by atoms with Crippen LogP contribution in [-0.4, -0.2) is 7.11 Å². The summed E-state index contributed by atoms with van der Waals surface area (Å²) in [5, 5.41) is 0.458. The summed E-state index contributed by atoms with van der Waals surface area (Å²) in [6.45, 7) is 0. The zero-order valence-electron chi connectivity index (χ0n) is 9.86. The van der Waals surface area contributed by atoms with E-state index in [0.717, 1.165) is 11.3 Å². The Morgan fingerprint density at radius 1 is 1.17 bits per heavy atom. The Balaban J connectivity index is 2.34. The summed E-state index contributed by atoms with van der Waals surface area (Å²) in [6.07, 6.45) is 0. The fourth-order valence-electron chi connectivity index (χ4n) is 1.74. The van der Waals surface area contributed by atoms with Crippen LogP contribution in [0.4, 0.5) is 4.39 Å². The maximum Gasteiger partial charge on any atom is 0.123 e. The van der Waals surface area contributed by atoms with Crippen LogP contribution in [0.1, 0.15) is 17.2 Å². The number of ether oxygens (including phenoxy) is 1. The van der Waals surface area contributed by atoms with Crippen molar-refractivity contribution in [1.29, 1.82) is 0 Å². The van der Waals surface area contributed by atoms with E-state index in [9.17, 15) is 4.39 Å². The van der Waals surface area contributed by atoms with E-state index < -0.39 is 6.04 Å². The van der Waals surface area contributed by atoms with Crippen molar-refractivity contribution in [3.63, 3.8) is 0 Å². The largest absolute Gasteiger partial charge is 0.497 e. The van der Waals surface area contributed by atoms with Gasteiger partial charge in [-0.25, -0.2) is 4.39 Å². The highest BCUT2D eigenvalue weighted by Crippen LogP contribution is 2.28. The predicted octanol–water partition coefficient (Wildman–Crippen LogP) is 3.54. The summed E-state index contributed by atoms with van der Waals surface area (Å²) in [5.41, 5.74) is 7.51. The van der Waals surface area contributed by atoms with Crippen LogP contribution in [0, 0.1) is 5.82 Å². The lowest BCUT2D eigenvalue weighted by Crippen LogP contribution is -2.12. The second-order valence-corrected chi connectivity index (χ2v) is 4.32. The van der Waals surface area contributed by atoms with Crippen LogP contribution in [0.25, 0.3) is 0 Å². The van der Waals surface area contributed by atoms with E-state index in [1.165, 1.54) is 18.2 Å². The molecule has 0 saturated heterocycles. The quantitative estimate of drug-likeness (QED) is 0.921. The SMILES string of the molecule is COc1ccc(C(N)c2cc(F)ccc2Cl)cc1. The van der Waals surface area contributed by atoms with Gasteiger partial charge in [-0.05, 0) is 41.5 Å². The average Bonchev–Trinajstić information content (AvgIpc) is 2.41. The van der Waals surface area contributed by atoms with Gasteiger partial charge in [0.05, 0.1) is 13.2 Å². The Labute approximate surface area is 110 Å². The topological polar surface area (TPSA) is 35.2 Å². The number of benzene rings is 2. The van der Waals surface area contributed by atoms with E-state index >= 15 is 0 Å². The summed E-state index contributed by atoms with van der Waals surface area (Å²) >= 11 is 6.03. The molecule has 0 aliphatic rings. The maximum atomic E-state index is 13.2. The minimum absolute atomic E-state index is 0.349. The van der Waals surface area contributed by atoms with E-state index in [1.54, 1.807) is 7.11 Å². The molecule has 4 heteroatoms. The molecule has 1 atom stereocenters. The van der Waals surface area contributed by atoms with Crippen LogP contribution in [0.3, 0.4) is 0 Å². The molecule has 0 fully saturated rings. The van der Waals surface area contributed by atoms with E-state index in [-0.39, 0.29) is 5.82 Å². The first-order valence-electron chi connectivity index (χ1n) is 5.46. The van der Waals surface area contributed by atoms with E-state index in [0.29, 0.717) is 10.6 Å². The van der Waals surface area contributed by atoms with Gasteiger partial charge in [-0.2, -0.15) is 0 Å². The first kappa shape index (κ1) is 12.9. The monoisotopic (exact) mass is 265 g/mol. The molecule has 2 aromatic rings. The van der Waals surface area contributed by atoms with Gasteiger partial charge in [0.25, 0.3) is 0 Å². The molecule has 2 rings (SSSR count). The summed E-state index contributed by atoms with van der Waals surface area (Å²) in [6, 6.07) is 11.0. The molecule has 0 aliphatic carbocycles. The summed E-state index contributed by atoms with van der Waals surface area (Å²) in [7, 11) is 1.60. The maximum absolute atomic E-state index is 13.2. The molecule has 0 heterocycles. The van der Waals surface area contributed by atoms with Gasteiger partial charge in [0, 0.05) is 5.02 Å². The molecule has 2 aromatic carbocycles. The molecule has 0 amide bonds. The molecule has 0 aliphatic heterocycles. The van der Waals surface area contributed by atoms with Crippen LogP contribution >= 0.6 is 11.6 Å². The van der Waals surface area contributed by atoms with Crippen LogP contribution in [-0.2, 0) is 0 Å². The average molecular weight is 266 g/mol. The van der Waals surface area contributed by atoms with Gasteiger partial charge in [-0.15, -0.1) is 0 Å². The first-order chi connectivity index (χ1) is 8.61. The lowest BCUT2D eigenvalue weighted by Gasteiger charge is -2.14. The molecular formula is C14H13ClFNO. The lowest BCUT2D eigenvalue weighted by molar-refractivity contribution is 0.414. The first-order valence-corrected chi connectivity index (χ1v) is 5.84. The molecule has 18 heavy (non-hydrogen) atoms. The van der Waals surface area contributed by atoms with E-state index in [4.69, 9.17) is 22.1 Å². The van der Waals surface area contributed by atoms with Crippen LogP contribution in [0.15, 0.2) is 42.5 Å². The summed E-state index contributed by atoms with van der Waals surface area (Å²) in [4.78, 5) is 0. The molecule has 0 bridgehead atoms. The summed E-state index contributed by atoms with van der Waals surface area (Å²) in [5.74, 6) is 0.398. The highest BCUT2D eigenvalue weighted by molar-refractivity contribution is 6.31. The molecule has 0 spiro atoms. The van der Waals surface area contributed by atoms with Gasteiger partial charge in [0.2, 0.25) is 0 Å². The van der Waals surface area contributed by atoms with Gasteiger partial charge in [0.15, 0.2) is 0 Å². The minimum atomic E-state index is -0.459. The Bertz CT molecular complexity index is 542. The molecule has 2 N–H and O–H groups in total. The number of methoxy groups -OCH3 is 1. The van der Waals surface area contributed by atoms with Crippen molar-refractivity contribution in [2.75, 3.05) is 7.11 Å². The van der Waals surface area contributed by atoms with E-state index in [1.807, 2.05) is 24.3 Å². The van der Waals surface area contributed by atoms with Crippen LogP contribution in [0.5, 0.6) is 5.75 Å². The Hall–Kier alpha value is -1.58.